The summed E-state index contributed by atoms with van der Waals surface area (Å²) in [6.45, 7) is 15.8. The van der Waals surface area contributed by atoms with Gasteiger partial charge in [-0.25, -0.2) is 67.4 Å². The second kappa shape index (κ2) is 44.2. The molecule has 15 rings (SSSR count). The number of morpholine rings is 4. The monoisotopic (exact) mass is 1590 g/mol. The van der Waals surface area contributed by atoms with Gasteiger partial charge in [0.2, 0.25) is 23.6 Å². The van der Waals surface area contributed by atoms with Gasteiger partial charge in [0, 0.05) is 77.0 Å². The van der Waals surface area contributed by atoms with Crippen LogP contribution in [-0.2, 0) is 103 Å². The maximum absolute atomic E-state index is 13.2. The molecule has 31 heteroatoms. The first kappa shape index (κ1) is 85.2. The van der Waals surface area contributed by atoms with Gasteiger partial charge in [-0.05, 0) is 87.5 Å². The highest BCUT2D eigenvalue weighted by Gasteiger charge is 2.43. The Morgan fingerprint density at radius 3 is 0.957 bits per heavy atom. The molecule has 115 heavy (non-hydrogen) atoms. The number of hydrazine groups is 4. The lowest BCUT2D eigenvalue weighted by molar-refractivity contribution is -0.141. The molecule has 0 aromatic heterocycles. The largest absolute Gasteiger partial charge is 0.443 e. The number of amides is 7. The fourth-order valence-corrected chi connectivity index (χ4v) is 13.7. The Balaban J connectivity index is 0.000000148. The minimum absolute atomic E-state index is 0.0188. The number of halogens is 4. The van der Waals surface area contributed by atoms with Crippen LogP contribution in [0.5, 0.6) is 0 Å². The summed E-state index contributed by atoms with van der Waals surface area (Å²) in [5.41, 5.74) is 8.53. The molecule has 612 valence electrons. The van der Waals surface area contributed by atoms with Crippen LogP contribution in [0, 0.1) is 23.3 Å². The van der Waals surface area contributed by atoms with Crippen LogP contribution in [0.1, 0.15) is 38.9 Å². The van der Waals surface area contributed by atoms with Gasteiger partial charge >= 0.3 is 18.3 Å². The second-order valence-electron chi connectivity index (χ2n) is 28.1. The van der Waals surface area contributed by atoms with E-state index >= 15 is 0 Å². The van der Waals surface area contributed by atoms with Crippen molar-refractivity contribution in [1.29, 1.82) is 0 Å². The topological polar surface area (TPSA) is 258 Å². The molecule has 3 atom stereocenters. The number of rotatable bonds is 17. The molecule has 8 aliphatic heterocycles. The third kappa shape index (κ3) is 26.7. The fraction of sp³-hybridized carbons (Fsp3) is 0.405. The molecule has 8 fully saturated rings. The number of benzene rings is 7. The van der Waals surface area contributed by atoms with E-state index < -0.39 is 30.0 Å². The van der Waals surface area contributed by atoms with Crippen molar-refractivity contribution in [2.45, 2.75) is 63.6 Å². The van der Waals surface area contributed by atoms with Crippen molar-refractivity contribution in [2.24, 2.45) is 0 Å². The Bertz CT molecular complexity index is 4070. The van der Waals surface area contributed by atoms with Crippen LogP contribution in [0.2, 0.25) is 0 Å². The summed E-state index contributed by atoms with van der Waals surface area (Å²) in [4.78, 5) is 107. The molecular weight excluding hydrogens is 1490 g/mol. The highest BCUT2D eigenvalue weighted by molar-refractivity contribution is 5.94. The van der Waals surface area contributed by atoms with Gasteiger partial charge in [-0.3, -0.25) is 43.7 Å². The Morgan fingerprint density at radius 2 is 0.626 bits per heavy atom. The average Bonchev–Trinajstić information content (AvgIpc) is 1.65. The van der Waals surface area contributed by atoms with Crippen molar-refractivity contribution in [3.05, 3.63) is 250 Å². The van der Waals surface area contributed by atoms with Crippen molar-refractivity contribution in [2.75, 3.05) is 158 Å². The summed E-state index contributed by atoms with van der Waals surface area (Å²) < 4.78 is 89.6. The van der Waals surface area contributed by atoms with Crippen LogP contribution < -0.4 is 10.7 Å². The fourth-order valence-electron chi connectivity index (χ4n) is 13.7. The van der Waals surface area contributed by atoms with Gasteiger partial charge < -0.3 is 38.5 Å². The molecular formula is C84H98F4N12O15. The van der Waals surface area contributed by atoms with E-state index in [1.807, 2.05) is 78.9 Å². The van der Waals surface area contributed by atoms with Crippen LogP contribution in [-0.4, -0.2) is 273 Å². The Hall–Kier alpha value is -10.7. The van der Waals surface area contributed by atoms with Crippen LogP contribution in [0.3, 0.4) is 0 Å². The number of hydrogen-bond donors (Lipinski definition) is 2. The first-order valence-electron chi connectivity index (χ1n) is 38.6. The quantitative estimate of drug-likeness (QED) is 0.0670. The molecule has 2 N–H and O–H groups in total. The summed E-state index contributed by atoms with van der Waals surface area (Å²) >= 11 is 0. The van der Waals surface area contributed by atoms with Gasteiger partial charge in [-0.15, -0.1) is 0 Å². The van der Waals surface area contributed by atoms with Crippen molar-refractivity contribution >= 4 is 47.7 Å². The lowest BCUT2D eigenvalue weighted by atomic mass is 10.1. The molecule has 3 unspecified atom stereocenters. The Labute approximate surface area is 665 Å². The van der Waals surface area contributed by atoms with Gasteiger partial charge in [0.15, 0.2) is 5.78 Å². The van der Waals surface area contributed by atoms with Crippen LogP contribution >= 0.6 is 0 Å². The Kier molecular flexibility index (Phi) is 32.7. The van der Waals surface area contributed by atoms with E-state index in [4.69, 9.17) is 33.2 Å². The summed E-state index contributed by atoms with van der Waals surface area (Å²) in [5.74, 6) is -2.49. The number of nitrogens with zero attached hydrogens (tertiary/aromatic N) is 10. The smallest absolute Gasteiger partial charge is 0.429 e. The summed E-state index contributed by atoms with van der Waals surface area (Å²) in [5, 5.41) is 12.7. The molecule has 27 nitrogen and oxygen atoms in total. The van der Waals surface area contributed by atoms with Gasteiger partial charge in [0.1, 0.15) is 56.2 Å². The Morgan fingerprint density at radius 1 is 0.330 bits per heavy atom. The van der Waals surface area contributed by atoms with E-state index in [-0.39, 0.29) is 105 Å². The maximum Gasteiger partial charge on any atom is 0.429 e. The van der Waals surface area contributed by atoms with E-state index in [1.165, 1.54) is 80.7 Å². The van der Waals surface area contributed by atoms with Gasteiger partial charge in [0.25, 0.3) is 0 Å². The highest BCUT2D eigenvalue weighted by atomic mass is 19.1. The molecule has 0 radical (unpaired) electrons. The lowest BCUT2D eigenvalue weighted by Gasteiger charge is -2.31. The molecule has 0 aliphatic carbocycles. The van der Waals surface area contributed by atoms with Gasteiger partial charge in [0.05, 0.1) is 111 Å². The second-order valence-corrected chi connectivity index (χ2v) is 28.1. The summed E-state index contributed by atoms with van der Waals surface area (Å²) in [7, 11) is 0. The van der Waals surface area contributed by atoms with E-state index in [9.17, 15) is 55.9 Å². The van der Waals surface area contributed by atoms with Crippen LogP contribution in [0.4, 0.5) is 31.9 Å². The SMILES string of the molecule is C1COCCN1.O=C(Cc1ccc(F)cc1)N1CC(N2CCOCC2)CN1.O=C(Cc1ccc(F)cc1)N1CC(N2CCOCC2)CN1C(=O)OCc1ccccc1.O=C(Cc1ccc(F)cc1)N1CC(N2CCOCC2)CN1C(=O)OCc1ccccc1.O=C1CN(C(=O)Cc2ccc(F)cc2)N(C(=O)OCc2ccccc2)C1. The van der Waals surface area contributed by atoms with E-state index in [0.29, 0.717) is 88.3 Å². The van der Waals surface area contributed by atoms with Crippen molar-refractivity contribution in [1.82, 2.24) is 60.5 Å². The summed E-state index contributed by atoms with van der Waals surface area (Å²) in [6.07, 6.45) is -1.44. The zero-order valence-corrected chi connectivity index (χ0v) is 64.2. The predicted octanol–water partition coefficient (Wildman–Crippen LogP) is 7.29. The predicted molar refractivity (Wildman–Crippen MR) is 413 cm³/mol. The van der Waals surface area contributed by atoms with E-state index in [2.05, 4.69) is 25.4 Å². The zero-order valence-electron chi connectivity index (χ0n) is 64.2. The normalized spacial score (nSPS) is 19.1. The molecule has 7 aromatic carbocycles. The molecule has 0 saturated carbocycles. The number of hydrogen-bond acceptors (Lipinski definition) is 20. The highest BCUT2D eigenvalue weighted by Crippen LogP contribution is 2.25. The first-order chi connectivity index (χ1) is 55.9. The number of ether oxygens (including phenoxy) is 7. The average molecular weight is 1590 g/mol. The van der Waals surface area contributed by atoms with Crippen molar-refractivity contribution in [3.63, 3.8) is 0 Å². The number of carbonyl (C=O) groups excluding carboxylic acids is 8. The minimum atomic E-state index is -0.757. The summed E-state index contributed by atoms with van der Waals surface area (Å²) in [6, 6.07) is 51.5. The number of Topliss-reactive ketones (excluding diaryl/α,β-unsaturated/α-hetero) is 1. The molecule has 0 bridgehead atoms. The molecule has 7 amide bonds. The number of ketones is 1. The molecule has 8 heterocycles. The number of carbonyl (C=O) groups is 8. The first-order valence-corrected chi connectivity index (χ1v) is 38.6. The third-order valence-electron chi connectivity index (χ3n) is 20.0. The standard InChI is InChI=1S/2C23H26FN3O4.C19H17FN2O4.C15H20FN3O2.C4H9NO/c2*24-20-8-6-18(7-9-20)14-22(28)26-15-21(25-10-12-30-13-11-25)16-27(26)23(29)31-17-19-4-2-1-3-5-19;20-16-8-6-14(7-9-16)10-18(24)21-11-17(23)12-22(21)19(25)26-13-15-4-2-1-3-5-15;16-13-3-1-12(2-4-13)9-15(20)19-11-14(10-17-19)18-5-7-21-8-6-18;1-3-6-4-2-5-1/h2*1-9,21H,10-17H2;1-9H,10-13H2;1-4,14,17H,5-11H2;5H,1-4H2. The van der Waals surface area contributed by atoms with Gasteiger partial charge in [-0.2, -0.15) is 0 Å². The van der Waals surface area contributed by atoms with E-state index in [0.717, 1.165) is 118 Å². The molecule has 8 saturated heterocycles. The minimum Gasteiger partial charge on any atom is -0.443 e. The van der Waals surface area contributed by atoms with E-state index in [1.54, 1.807) is 53.5 Å². The van der Waals surface area contributed by atoms with Crippen LogP contribution in [0.15, 0.2) is 188 Å². The van der Waals surface area contributed by atoms with Crippen molar-refractivity contribution < 1.29 is 89.1 Å². The lowest BCUT2D eigenvalue weighted by Crippen LogP contribution is -2.46. The van der Waals surface area contributed by atoms with Crippen LogP contribution in [0.25, 0.3) is 0 Å². The zero-order chi connectivity index (χ0) is 80.7. The molecule has 8 aliphatic rings. The maximum atomic E-state index is 13.2. The molecule has 7 aromatic rings. The molecule has 0 spiro atoms. The third-order valence-corrected chi connectivity index (χ3v) is 20.0. The number of nitrogens with one attached hydrogen (secondary N) is 2. The van der Waals surface area contributed by atoms with Gasteiger partial charge in [-0.1, -0.05) is 140 Å². The van der Waals surface area contributed by atoms with Crippen molar-refractivity contribution in [3.8, 4) is 0 Å².